The number of rotatable bonds is 4. The second-order valence-electron chi connectivity index (χ2n) is 3.61. The summed E-state index contributed by atoms with van der Waals surface area (Å²) in [6.45, 7) is 3.04. The van der Waals surface area contributed by atoms with Crippen LogP contribution < -0.4 is 5.73 Å². The molecule has 0 fully saturated rings. The van der Waals surface area contributed by atoms with Crippen molar-refractivity contribution in [2.24, 2.45) is 5.73 Å². The van der Waals surface area contributed by atoms with Gasteiger partial charge in [0.1, 0.15) is 5.69 Å². The lowest BCUT2D eigenvalue weighted by Gasteiger charge is -2.17. The van der Waals surface area contributed by atoms with Gasteiger partial charge in [-0.1, -0.05) is 0 Å². The van der Waals surface area contributed by atoms with E-state index >= 15 is 0 Å². The Morgan fingerprint density at radius 1 is 1.24 bits per heavy atom. The van der Waals surface area contributed by atoms with Crippen LogP contribution >= 0.6 is 0 Å². The van der Waals surface area contributed by atoms with Crippen LogP contribution in [0.2, 0.25) is 0 Å². The number of carbonyl (C=O) groups excluding carboxylic acids is 3. The highest BCUT2D eigenvalue weighted by Crippen LogP contribution is 2.06. The van der Waals surface area contributed by atoms with Crippen molar-refractivity contribution in [1.29, 1.82) is 0 Å². The average molecular weight is 237 g/mol. The number of nitrogens with zero attached hydrogens (tertiary/aromatic N) is 1. The molecule has 0 aliphatic carbocycles. The third kappa shape index (κ3) is 3.01. The van der Waals surface area contributed by atoms with Crippen LogP contribution in [0.25, 0.3) is 0 Å². The number of aromatic nitrogens is 1. The molecule has 2 amide bonds. The molecule has 1 aromatic rings. The van der Waals surface area contributed by atoms with Gasteiger partial charge in [0.2, 0.25) is 5.91 Å². The topological polar surface area (TPSA) is 96.3 Å². The number of hydrogen-bond acceptors (Lipinski definition) is 4. The molecule has 6 heteroatoms. The largest absolute Gasteiger partial charge is 0.348 e. The Morgan fingerprint density at radius 2 is 1.82 bits per heavy atom. The predicted octanol–water partition coefficient (Wildman–Crippen LogP) is 0.165. The van der Waals surface area contributed by atoms with Crippen molar-refractivity contribution in [2.45, 2.75) is 13.8 Å². The summed E-state index contributed by atoms with van der Waals surface area (Å²) < 4.78 is 0. The van der Waals surface area contributed by atoms with Crippen molar-refractivity contribution in [2.75, 3.05) is 13.1 Å². The van der Waals surface area contributed by atoms with E-state index in [0.29, 0.717) is 5.69 Å². The van der Waals surface area contributed by atoms with Gasteiger partial charge in [0, 0.05) is 26.9 Å². The molecule has 0 aliphatic heterocycles. The Kier molecular flexibility index (Phi) is 4.17. The van der Waals surface area contributed by atoms with Crippen molar-refractivity contribution in [3.8, 4) is 0 Å². The van der Waals surface area contributed by atoms with Crippen molar-refractivity contribution in [3.63, 3.8) is 0 Å². The van der Waals surface area contributed by atoms with E-state index in [1.807, 2.05) is 0 Å². The highest BCUT2D eigenvalue weighted by atomic mass is 16.2. The summed E-state index contributed by atoms with van der Waals surface area (Å²) in [6.07, 6.45) is 0. The van der Waals surface area contributed by atoms with E-state index in [9.17, 15) is 14.4 Å². The normalized spacial score (nSPS) is 10.1. The van der Waals surface area contributed by atoms with Crippen molar-refractivity contribution in [1.82, 2.24) is 9.88 Å². The lowest BCUT2D eigenvalue weighted by Crippen LogP contribution is -2.39. The van der Waals surface area contributed by atoms with E-state index in [0.717, 1.165) is 4.90 Å². The van der Waals surface area contributed by atoms with Crippen molar-refractivity contribution >= 4 is 17.6 Å². The molecule has 1 rings (SSSR count). The first-order valence-electron chi connectivity index (χ1n) is 5.19. The highest BCUT2D eigenvalue weighted by molar-refractivity contribution is 6.04. The number of nitrogens with two attached hydrogens (primary N) is 1. The Balaban J connectivity index is 2.93. The molecule has 0 saturated heterocycles. The lowest BCUT2D eigenvalue weighted by atomic mass is 10.3. The number of hydrogen-bond donors (Lipinski definition) is 2. The van der Waals surface area contributed by atoms with Gasteiger partial charge in [-0.3, -0.25) is 19.3 Å². The van der Waals surface area contributed by atoms with Crippen LogP contribution in [0, 0.1) is 0 Å². The molecule has 1 aromatic heterocycles. The van der Waals surface area contributed by atoms with Gasteiger partial charge in [-0.25, -0.2) is 0 Å². The van der Waals surface area contributed by atoms with Crippen LogP contribution in [0.4, 0.5) is 0 Å². The van der Waals surface area contributed by atoms with Crippen molar-refractivity contribution < 1.29 is 14.4 Å². The second kappa shape index (κ2) is 5.40. The predicted molar refractivity (Wildman–Crippen MR) is 61.6 cm³/mol. The Bertz CT molecular complexity index is 451. The first kappa shape index (κ1) is 13.1. The van der Waals surface area contributed by atoms with Gasteiger partial charge in [-0.15, -0.1) is 0 Å². The van der Waals surface area contributed by atoms with E-state index in [2.05, 4.69) is 4.98 Å². The number of imide groups is 1. The van der Waals surface area contributed by atoms with Gasteiger partial charge in [0.25, 0.3) is 5.91 Å². The van der Waals surface area contributed by atoms with Gasteiger partial charge < -0.3 is 10.7 Å². The summed E-state index contributed by atoms with van der Waals surface area (Å²) in [5.74, 6) is -1.02. The summed E-state index contributed by atoms with van der Waals surface area (Å²) in [4.78, 5) is 38.0. The average Bonchev–Trinajstić information content (AvgIpc) is 2.73. The number of amides is 2. The second-order valence-corrected chi connectivity index (χ2v) is 3.61. The SMILES string of the molecule is CC(=O)c1ccc(C(=O)N(CCN)C(C)=O)[nH]1. The number of ketones is 1. The van der Waals surface area contributed by atoms with Crippen molar-refractivity contribution in [3.05, 3.63) is 23.5 Å². The van der Waals surface area contributed by atoms with E-state index in [-0.39, 0.29) is 30.5 Å². The zero-order valence-electron chi connectivity index (χ0n) is 9.82. The molecule has 0 spiro atoms. The first-order chi connectivity index (χ1) is 7.97. The first-order valence-corrected chi connectivity index (χ1v) is 5.19. The fraction of sp³-hybridized carbons (Fsp3) is 0.364. The molecule has 0 atom stereocenters. The number of Topliss-reactive ketones (excluding diaryl/α,β-unsaturated/α-hetero) is 1. The molecule has 0 radical (unpaired) electrons. The molecule has 0 unspecified atom stereocenters. The van der Waals surface area contributed by atoms with E-state index in [1.54, 1.807) is 0 Å². The number of carbonyl (C=O) groups is 3. The zero-order chi connectivity index (χ0) is 13.0. The maximum absolute atomic E-state index is 11.9. The monoisotopic (exact) mass is 237 g/mol. The molecule has 1 heterocycles. The van der Waals surface area contributed by atoms with Gasteiger partial charge in [0.15, 0.2) is 5.78 Å². The fourth-order valence-corrected chi connectivity index (χ4v) is 1.40. The maximum atomic E-state index is 11.9. The minimum Gasteiger partial charge on any atom is -0.348 e. The Morgan fingerprint density at radius 3 is 2.24 bits per heavy atom. The number of H-pyrrole nitrogens is 1. The number of nitrogens with one attached hydrogen (secondary N) is 1. The summed E-state index contributed by atoms with van der Waals surface area (Å²) in [5, 5.41) is 0. The summed E-state index contributed by atoms with van der Waals surface area (Å²) >= 11 is 0. The van der Waals surface area contributed by atoms with Crippen LogP contribution in [0.3, 0.4) is 0 Å². The number of aromatic amines is 1. The minimum atomic E-state index is -0.476. The molecule has 3 N–H and O–H groups in total. The minimum absolute atomic E-state index is 0.155. The third-order valence-corrected chi connectivity index (χ3v) is 2.27. The molecule has 0 aliphatic rings. The van der Waals surface area contributed by atoms with Crippen LogP contribution in [-0.4, -0.2) is 40.6 Å². The van der Waals surface area contributed by atoms with Gasteiger partial charge in [-0.05, 0) is 12.1 Å². The van der Waals surface area contributed by atoms with E-state index < -0.39 is 5.91 Å². The standard InChI is InChI=1S/C11H15N3O3/c1-7(15)9-3-4-10(13-9)11(17)14(6-5-12)8(2)16/h3-4,13H,5-6,12H2,1-2H3. The molecular weight excluding hydrogens is 222 g/mol. The van der Waals surface area contributed by atoms with Gasteiger partial charge in [-0.2, -0.15) is 0 Å². The molecule has 6 nitrogen and oxygen atoms in total. The Hall–Kier alpha value is -1.95. The smallest absolute Gasteiger partial charge is 0.276 e. The quantitative estimate of drug-likeness (QED) is 0.729. The molecule has 0 saturated carbocycles. The van der Waals surface area contributed by atoms with Gasteiger partial charge >= 0.3 is 0 Å². The van der Waals surface area contributed by atoms with Crippen LogP contribution in [-0.2, 0) is 4.79 Å². The van der Waals surface area contributed by atoms with Crippen LogP contribution in [0.5, 0.6) is 0 Å². The molecule has 17 heavy (non-hydrogen) atoms. The summed E-state index contributed by atoms with van der Waals surface area (Å²) in [5.41, 5.74) is 5.87. The Labute approximate surface area is 98.8 Å². The summed E-state index contributed by atoms with van der Waals surface area (Å²) in [6, 6.07) is 2.99. The molecule has 0 aromatic carbocycles. The molecular formula is C11H15N3O3. The van der Waals surface area contributed by atoms with E-state index in [4.69, 9.17) is 5.73 Å². The highest BCUT2D eigenvalue weighted by Gasteiger charge is 2.20. The lowest BCUT2D eigenvalue weighted by molar-refractivity contribution is -0.126. The van der Waals surface area contributed by atoms with Crippen LogP contribution in [0.1, 0.15) is 34.8 Å². The molecule has 92 valence electrons. The van der Waals surface area contributed by atoms with E-state index in [1.165, 1.54) is 26.0 Å². The zero-order valence-corrected chi connectivity index (χ0v) is 9.82. The van der Waals surface area contributed by atoms with Gasteiger partial charge in [0.05, 0.1) is 5.69 Å². The maximum Gasteiger partial charge on any atom is 0.276 e. The third-order valence-electron chi connectivity index (χ3n) is 2.27. The summed E-state index contributed by atoms with van der Waals surface area (Å²) in [7, 11) is 0. The fourth-order valence-electron chi connectivity index (χ4n) is 1.40. The van der Waals surface area contributed by atoms with Crippen LogP contribution in [0.15, 0.2) is 12.1 Å². The molecule has 0 bridgehead atoms.